The molecule has 0 bridgehead atoms. The predicted octanol–water partition coefficient (Wildman–Crippen LogP) is 3.09. The van der Waals surface area contributed by atoms with Gasteiger partial charge >= 0.3 is 0 Å². The van der Waals surface area contributed by atoms with Crippen LogP contribution in [0.5, 0.6) is 5.75 Å². The van der Waals surface area contributed by atoms with Gasteiger partial charge in [-0.15, -0.1) is 0 Å². The first-order chi connectivity index (χ1) is 10.6. The quantitative estimate of drug-likeness (QED) is 0.885. The first kappa shape index (κ1) is 14.6. The Balaban J connectivity index is 2.05. The molecule has 1 heterocycles. The second kappa shape index (κ2) is 5.81. The SMILES string of the molecule is COCC1CN(c2ccc(F)cc2)c2cc(N)c(F)cc2O1. The minimum absolute atomic E-state index is 0.0413. The van der Waals surface area contributed by atoms with Gasteiger partial charge in [0.1, 0.15) is 23.5 Å². The molecule has 6 heteroatoms. The number of ether oxygens (including phenoxy) is 2. The zero-order valence-electron chi connectivity index (χ0n) is 12.1. The molecule has 116 valence electrons. The number of hydrogen-bond donors (Lipinski definition) is 1. The molecular formula is C16H16F2N2O2. The number of nitrogens with zero attached hydrogens (tertiary/aromatic N) is 1. The van der Waals surface area contributed by atoms with E-state index in [9.17, 15) is 8.78 Å². The predicted molar refractivity (Wildman–Crippen MR) is 80.5 cm³/mol. The van der Waals surface area contributed by atoms with Gasteiger partial charge in [0, 0.05) is 18.9 Å². The maximum absolute atomic E-state index is 13.7. The molecule has 0 aromatic heterocycles. The number of halogens is 2. The molecular weight excluding hydrogens is 290 g/mol. The molecule has 0 aliphatic carbocycles. The fourth-order valence-corrected chi connectivity index (χ4v) is 2.52. The van der Waals surface area contributed by atoms with Crippen molar-refractivity contribution in [2.45, 2.75) is 6.10 Å². The number of fused-ring (bicyclic) bond motifs is 1. The third-order valence-corrected chi connectivity index (χ3v) is 3.54. The molecule has 3 rings (SSSR count). The molecule has 0 saturated carbocycles. The molecule has 1 atom stereocenters. The van der Waals surface area contributed by atoms with Crippen LogP contribution in [0.4, 0.5) is 25.8 Å². The summed E-state index contributed by atoms with van der Waals surface area (Å²) in [6.07, 6.45) is -0.259. The summed E-state index contributed by atoms with van der Waals surface area (Å²) in [7, 11) is 1.57. The summed E-state index contributed by atoms with van der Waals surface area (Å²) in [4.78, 5) is 1.91. The van der Waals surface area contributed by atoms with E-state index in [1.807, 2.05) is 4.90 Å². The molecule has 0 amide bonds. The van der Waals surface area contributed by atoms with Crippen molar-refractivity contribution in [3.63, 3.8) is 0 Å². The van der Waals surface area contributed by atoms with Crippen molar-refractivity contribution in [1.82, 2.24) is 0 Å². The number of hydrogen-bond acceptors (Lipinski definition) is 4. The maximum Gasteiger partial charge on any atom is 0.149 e. The Hall–Kier alpha value is -2.34. The van der Waals surface area contributed by atoms with Crippen molar-refractivity contribution in [3.8, 4) is 5.75 Å². The topological polar surface area (TPSA) is 47.7 Å². The fraction of sp³-hybridized carbons (Fsp3) is 0.250. The van der Waals surface area contributed by atoms with E-state index in [0.717, 1.165) is 5.69 Å². The number of nitrogens with two attached hydrogens (primary N) is 1. The zero-order valence-corrected chi connectivity index (χ0v) is 12.1. The molecule has 0 radical (unpaired) electrons. The largest absolute Gasteiger partial charge is 0.484 e. The first-order valence-electron chi connectivity index (χ1n) is 6.86. The van der Waals surface area contributed by atoms with Crippen LogP contribution in [-0.2, 0) is 4.74 Å². The number of methoxy groups -OCH3 is 1. The minimum atomic E-state index is -0.532. The molecule has 2 aromatic rings. The second-order valence-electron chi connectivity index (χ2n) is 5.12. The Kier molecular flexibility index (Phi) is 3.85. The van der Waals surface area contributed by atoms with Gasteiger partial charge in [0.2, 0.25) is 0 Å². The maximum atomic E-state index is 13.7. The Bertz CT molecular complexity index is 677. The van der Waals surface area contributed by atoms with Crippen LogP contribution < -0.4 is 15.4 Å². The molecule has 2 N–H and O–H groups in total. The summed E-state index contributed by atoms with van der Waals surface area (Å²) in [6.45, 7) is 0.862. The van der Waals surface area contributed by atoms with Gasteiger partial charge < -0.3 is 20.1 Å². The molecule has 0 fully saturated rings. The lowest BCUT2D eigenvalue weighted by atomic mass is 10.1. The molecule has 0 saturated heterocycles. The highest BCUT2D eigenvalue weighted by atomic mass is 19.1. The van der Waals surface area contributed by atoms with Crippen molar-refractivity contribution in [2.75, 3.05) is 30.9 Å². The van der Waals surface area contributed by atoms with Gasteiger partial charge in [0.05, 0.1) is 24.5 Å². The lowest BCUT2D eigenvalue weighted by molar-refractivity contribution is 0.0809. The van der Waals surface area contributed by atoms with Crippen LogP contribution in [0, 0.1) is 11.6 Å². The highest BCUT2D eigenvalue weighted by Gasteiger charge is 2.28. The van der Waals surface area contributed by atoms with Gasteiger partial charge in [-0.05, 0) is 30.3 Å². The van der Waals surface area contributed by atoms with Gasteiger partial charge in [-0.1, -0.05) is 0 Å². The van der Waals surface area contributed by atoms with E-state index in [0.29, 0.717) is 24.6 Å². The average Bonchev–Trinajstić information content (AvgIpc) is 2.49. The monoisotopic (exact) mass is 306 g/mol. The van der Waals surface area contributed by atoms with E-state index in [2.05, 4.69) is 0 Å². The standard InChI is InChI=1S/C16H16F2N2O2/c1-21-9-12-8-20(11-4-2-10(17)3-5-11)15-7-14(19)13(18)6-16(15)22-12/h2-7,12H,8-9,19H2,1H3. The van der Waals surface area contributed by atoms with Crippen LogP contribution in [0.2, 0.25) is 0 Å². The van der Waals surface area contributed by atoms with Crippen LogP contribution in [0.25, 0.3) is 0 Å². The molecule has 0 spiro atoms. The van der Waals surface area contributed by atoms with Crippen LogP contribution in [0.15, 0.2) is 36.4 Å². The molecule has 2 aromatic carbocycles. The van der Waals surface area contributed by atoms with E-state index in [-0.39, 0.29) is 17.6 Å². The van der Waals surface area contributed by atoms with Crippen LogP contribution in [-0.4, -0.2) is 26.4 Å². The first-order valence-corrected chi connectivity index (χ1v) is 6.86. The third-order valence-electron chi connectivity index (χ3n) is 3.54. The Morgan fingerprint density at radius 2 is 2.00 bits per heavy atom. The normalized spacial score (nSPS) is 17.0. The zero-order chi connectivity index (χ0) is 15.7. The van der Waals surface area contributed by atoms with Gasteiger partial charge in [0.25, 0.3) is 0 Å². The van der Waals surface area contributed by atoms with Gasteiger partial charge in [-0.2, -0.15) is 0 Å². The highest BCUT2D eigenvalue weighted by Crippen LogP contribution is 2.40. The molecule has 1 unspecified atom stereocenters. The van der Waals surface area contributed by atoms with Crippen molar-refractivity contribution >= 4 is 17.1 Å². The number of anilines is 3. The summed E-state index contributed by atoms with van der Waals surface area (Å²) in [5.41, 5.74) is 7.13. The number of nitrogen functional groups attached to an aromatic ring is 1. The minimum Gasteiger partial charge on any atom is -0.484 e. The molecule has 4 nitrogen and oxygen atoms in total. The van der Waals surface area contributed by atoms with E-state index >= 15 is 0 Å². The summed E-state index contributed by atoms with van der Waals surface area (Å²) in [6, 6.07) is 8.87. The average molecular weight is 306 g/mol. The third kappa shape index (κ3) is 2.69. The summed E-state index contributed by atoms with van der Waals surface area (Å²) < 4.78 is 37.7. The Labute approximate surface area is 127 Å². The highest BCUT2D eigenvalue weighted by molar-refractivity contribution is 5.74. The van der Waals surface area contributed by atoms with Gasteiger partial charge in [-0.3, -0.25) is 0 Å². The Morgan fingerprint density at radius 1 is 1.27 bits per heavy atom. The summed E-state index contributed by atoms with van der Waals surface area (Å²) in [5, 5.41) is 0. The molecule has 1 aliphatic rings. The van der Waals surface area contributed by atoms with Crippen molar-refractivity contribution in [2.24, 2.45) is 0 Å². The smallest absolute Gasteiger partial charge is 0.149 e. The summed E-state index contributed by atoms with van der Waals surface area (Å²) >= 11 is 0. The lowest BCUT2D eigenvalue weighted by Crippen LogP contribution is -2.40. The van der Waals surface area contributed by atoms with Crippen LogP contribution in [0.1, 0.15) is 0 Å². The van der Waals surface area contributed by atoms with Crippen molar-refractivity contribution in [1.29, 1.82) is 0 Å². The van der Waals surface area contributed by atoms with Crippen molar-refractivity contribution in [3.05, 3.63) is 48.0 Å². The number of benzene rings is 2. The second-order valence-corrected chi connectivity index (χ2v) is 5.12. The summed E-state index contributed by atoms with van der Waals surface area (Å²) in [5.74, 6) is -0.454. The van der Waals surface area contributed by atoms with E-state index in [1.165, 1.54) is 24.3 Å². The van der Waals surface area contributed by atoms with Crippen LogP contribution in [0.3, 0.4) is 0 Å². The van der Waals surface area contributed by atoms with Gasteiger partial charge in [0.15, 0.2) is 0 Å². The molecule has 1 aliphatic heterocycles. The van der Waals surface area contributed by atoms with E-state index < -0.39 is 5.82 Å². The number of rotatable bonds is 3. The van der Waals surface area contributed by atoms with E-state index in [1.54, 1.807) is 19.2 Å². The van der Waals surface area contributed by atoms with Crippen molar-refractivity contribution < 1.29 is 18.3 Å². The van der Waals surface area contributed by atoms with Crippen LogP contribution >= 0.6 is 0 Å². The fourth-order valence-electron chi connectivity index (χ4n) is 2.52. The Morgan fingerprint density at radius 3 is 2.68 bits per heavy atom. The lowest BCUT2D eigenvalue weighted by Gasteiger charge is -2.36. The van der Waals surface area contributed by atoms with E-state index in [4.69, 9.17) is 15.2 Å². The molecule has 22 heavy (non-hydrogen) atoms. The van der Waals surface area contributed by atoms with Gasteiger partial charge in [-0.25, -0.2) is 8.78 Å².